The molecule has 0 atom stereocenters. The molecular formula is C22H27N3O3. The minimum atomic E-state index is -0.270. The number of methoxy groups -OCH3 is 1. The quantitative estimate of drug-likeness (QED) is 0.802. The highest BCUT2D eigenvalue weighted by Crippen LogP contribution is 2.20. The third-order valence-electron chi connectivity index (χ3n) is 5.04. The van der Waals surface area contributed by atoms with Crippen LogP contribution in [0.5, 0.6) is 5.75 Å². The van der Waals surface area contributed by atoms with E-state index in [2.05, 4.69) is 22.5 Å². The van der Waals surface area contributed by atoms with Crippen LogP contribution >= 0.6 is 0 Å². The Balaban J connectivity index is 1.63. The maximum absolute atomic E-state index is 12.7. The summed E-state index contributed by atoms with van der Waals surface area (Å²) >= 11 is 0. The Kier molecular flexibility index (Phi) is 6.66. The van der Waals surface area contributed by atoms with E-state index < -0.39 is 0 Å². The van der Waals surface area contributed by atoms with Crippen molar-refractivity contribution in [3.63, 3.8) is 0 Å². The van der Waals surface area contributed by atoms with E-state index in [9.17, 15) is 9.59 Å². The first kappa shape index (κ1) is 19.9. The predicted molar refractivity (Wildman–Crippen MR) is 111 cm³/mol. The minimum Gasteiger partial charge on any atom is -0.497 e. The van der Waals surface area contributed by atoms with Gasteiger partial charge in [0.15, 0.2) is 0 Å². The average Bonchev–Trinajstić information content (AvgIpc) is 2.70. The van der Waals surface area contributed by atoms with Gasteiger partial charge in [0.25, 0.3) is 5.91 Å². The molecule has 148 valence electrons. The highest BCUT2D eigenvalue weighted by molar-refractivity contribution is 6.10. The normalized spacial score (nSPS) is 15.1. The molecule has 2 aromatic rings. The Morgan fingerprint density at radius 3 is 2.39 bits per heavy atom. The van der Waals surface area contributed by atoms with E-state index in [4.69, 9.17) is 4.74 Å². The third-order valence-corrected chi connectivity index (χ3v) is 5.04. The van der Waals surface area contributed by atoms with Gasteiger partial charge in [-0.25, -0.2) is 0 Å². The van der Waals surface area contributed by atoms with Crippen LogP contribution in [0, 0.1) is 5.92 Å². The molecule has 0 unspecified atom stereocenters. The summed E-state index contributed by atoms with van der Waals surface area (Å²) in [7, 11) is 1.59. The maximum Gasteiger partial charge on any atom is 0.257 e. The maximum atomic E-state index is 12.7. The van der Waals surface area contributed by atoms with Gasteiger partial charge in [0, 0.05) is 5.69 Å². The van der Waals surface area contributed by atoms with Gasteiger partial charge in [-0.05, 0) is 68.2 Å². The van der Waals surface area contributed by atoms with Crippen molar-refractivity contribution in [2.24, 2.45) is 5.92 Å². The fourth-order valence-electron chi connectivity index (χ4n) is 3.28. The summed E-state index contributed by atoms with van der Waals surface area (Å²) in [6, 6.07) is 14.2. The van der Waals surface area contributed by atoms with Gasteiger partial charge in [-0.2, -0.15) is 0 Å². The van der Waals surface area contributed by atoms with Crippen molar-refractivity contribution in [2.75, 3.05) is 37.4 Å². The Labute approximate surface area is 165 Å². The number of ether oxygens (including phenoxy) is 1. The number of carbonyl (C=O) groups is 2. The zero-order chi connectivity index (χ0) is 19.9. The number of benzene rings is 2. The monoisotopic (exact) mass is 381 g/mol. The molecule has 0 aromatic heterocycles. The van der Waals surface area contributed by atoms with Crippen molar-refractivity contribution >= 4 is 23.2 Å². The van der Waals surface area contributed by atoms with Gasteiger partial charge in [-0.15, -0.1) is 0 Å². The summed E-state index contributed by atoms with van der Waals surface area (Å²) in [6.45, 7) is 4.47. The molecule has 0 spiro atoms. The van der Waals surface area contributed by atoms with E-state index in [1.165, 1.54) is 0 Å². The molecule has 0 saturated carbocycles. The number of amides is 2. The summed E-state index contributed by atoms with van der Waals surface area (Å²) in [5.41, 5.74) is 1.61. The summed E-state index contributed by atoms with van der Waals surface area (Å²) < 4.78 is 5.13. The second-order valence-corrected chi connectivity index (χ2v) is 7.24. The molecule has 28 heavy (non-hydrogen) atoms. The van der Waals surface area contributed by atoms with Crippen LogP contribution in [0.1, 0.15) is 30.1 Å². The van der Waals surface area contributed by atoms with Gasteiger partial charge in [0.05, 0.1) is 24.9 Å². The second-order valence-electron chi connectivity index (χ2n) is 7.24. The summed E-state index contributed by atoms with van der Waals surface area (Å²) in [6.07, 6.45) is 2.24. The molecule has 1 saturated heterocycles. The zero-order valence-electron chi connectivity index (χ0n) is 16.4. The first-order valence-corrected chi connectivity index (χ1v) is 9.62. The smallest absolute Gasteiger partial charge is 0.257 e. The first-order chi connectivity index (χ1) is 13.5. The van der Waals surface area contributed by atoms with Gasteiger partial charge < -0.3 is 15.4 Å². The molecule has 1 aliphatic heterocycles. The van der Waals surface area contributed by atoms with Gasteiger partial charge >= 0.3 is 0 Å². The lowest BCUT2D eigenvalue weighted by molar-refractivity contribution is -0.117. The Morgan fingerprint density at radius 1 is 1.04 bits per heavy atom. The van der Waals surface area contributed by atoms with Crippen LogP contribution in [0.2, 0.25) is 0 Å². The molecular weight excluding hydrogens is 354 g/mol. The number of nitrogens with zero attached hydrogens (tertiary/aromatic N) is 1. The van der Waals surface area contributed by atoms with Crippen LogP contribution in [-0.4, -0.2) is 43.5 Å². The van der Waals surface area contributed by atoms with Gasteiger partial charge in [-0.3, -0.25) is 14.5 Å². The number of piperidine rings is 1. The molecule has 2 N–H and O–H groups in total. The number of carbonyl (C=O) groups excluding carboxylic acids is 2. The molecule has 1 fully saturated rings. The van der Waals surface area contributed by atoms with Crippen LogP contribution in [0.3, 0.4) is 0 Å². The predicted octanol–water partition coefficient (Wildman–Crippen LogP) is 3.62. The minimum absolute atomic E-state index is 0.0979. The SMILES string of the molecule is COc1ccc(NC(=O)c2ccccc2NC(=O)CN2CCC(C)CC2)cc1. The van der Waals surface area contributed by atoms with Crippen LogP contribution in [0.25, 0.3) is 0 Å². The summed E-state index contributed by atoms with van der Waals surface area (Å²) in [5, 5.41) is 5.75. The molecule has 3 rings (SSSR count). The van der Waals surface area contributed by atoms with E-state index in [0.29, 0.717) is 23.5 Å². The molecule has 6 heteroatoms. The summed E-state index contributed by atoms with van der Waals surface area (Å²) in [4.78, 5) is 27.3. The number of hydrogen-bond donors (Lipinski definition) is 2. The topological polar surface area (TPSA) is 70.7 Å². The Bertz CT molecular complexity index is 812. The van der Waals surface area contributed by atoms with E-state index in [1.807, 2.05) is 6.07 Å². The summed E-state index contributed by atoms with van der Waals surface area (Å²) in [5.74, 6) is 1.08. The second kappa shape index (κ2) is 9.37. The largest absolute Gasteiger partial charge is 0.497 e. The van der Waals surface area contributed by atoms with E-state index >= 15 is 0 Å². The van der Waals surface area contributed by atoms with Crippen molar-refractivity contribution in [3.8, 4) is 5.75 Å². The highest BCUT2D eigenvalue weighted by Gasteiger charge is 2.19. The first-order valence-electron chi connectivity index (χ1n) is 9.62. The van der Waals surface area contributed by atoms with Gasteiger partial charge in [0.2, 0.25) is 5.91 Å². The van der Waals surface area contributed by atoms with Gasteiger partial charge in [-0.1, -0.05) is 19.1 Å². The Hall–Kier alpha value is -2.86. The van der Waals surface area contributed by atoms with Crippen molar-refractivity contribution < 1.29 is 14.3 Å². The van der Waals surface area contributed by atoms with Crippen molar-refractivity contribution in [1.29, 1.82) is 0 Å². The average molecular weight is 381 g/mol. The lowest BCUT2D eigenvalue weighted by Gasteiger charge is -2.29. The van der Waals surface area contributed by atoms with Crippen LogP contribution < -0.4 is 15.4 Å². The van der Waals surface area contributed by atoms with Crippen molar-refractivity contribution in [2.45, 2.75) is 19.8 Å². The van der Waals surface area contributed by atoms with Gasteiger partial charge in [0.1, 0.15) is 5.75 Å². The number of nitrogens with one attached hydrogen (secondary N) is 2. The van der Waals surface area contributed by atoms with E-state index in [0.717, 1.165) is 37.6 Å². The molecule has 0 bridgehead atoms. The third kappa shape index (κ3) is 5.33. The molecule has 0 radical (unpaired) electrons. The molecule has 0 aliphatic carbocycles. The van der Waals surface area contributed by atoms with Crippen LogP contribution in [0.4, 0.5) is 11.4 Å². The van der Waals surface area contributed by atoms with E-state index in [-0.39, 0.29) is 11.8 Å². The molecule has 2 amide bonds. The van der Waals surface area contributed by atoms with Crippen LogP contribution in [0.15, 0.2) is 48.5 Å². The highest BCUT2D eigenvalue weighted by atomic mass is 16.5. The molecule has 6 nitrogen and oxygen atoms in total. The standard InChI is InChI=1S/C22H27N3O3/c1-16-11-13-25(14-12-16)15-21(26)24-20-6-4-3-5-19(20)22(27)23-17-7-9-18(28-2)10-8-17/h3-10,16H,11-15H2,1-2H3,(H,23,27)(H,24,26). The number of para-hydroxylation sites is 1. The van der Waals surface area contributed by atoms with Crippen LogP contribution in [-0.2, 0) is 4.79 Å². The molecule has 2 aromatic carbocycles. The Morgan fingerprint density at radius 2 is 1.71 bits per heavy atom. The molecule has 1 heterocycles. The molecule has 1 aliphatic rings. The lowest BCUT2D eigenvalue weighted by atomic mass is 9.99. The zero-order valence-corrected chi connectivity index (χ0v) is 16.4. The number of likely N-dealkylation sites (tertiary alicyclic amines) is 1. The number of hydrogen-bond acceptors (Lipinski definition) is 4. The van der Waals surface area contributed by atoms with E-state index in [1.54, 1.807) is 49.6 Å². The number of anilines is 2. The fourth-order valence-corrected chi connectivity index (χ4v) is 3.28. The van der Waals surface area contributed by atoms with Crippen molar-refractivity contribution in [3.05, 3.63) is 54.1 Å². The number of rotatable bonds is 6. The fraction of sp³-hybridized carbons (Fsp3) is 0.364. The lowest BCUT2D eigenvalue weighted by Crippen LogP contribution is -2.38. The van der Waals surface area contributed by atoms with Crippen molar-refractivity contribution in [1.82, 2.24) is 4.90 Å².